The number of nitrogens with one attached hydrogen (secondary N) is 2. The van der Waals surface area contributed by atoms with E-state index in [0.717, 1.165) is 11.0 Å². The second-order valence-electron chi connectivity index (χ2n) is 4.97. The first-order valence-electron chi connectivity index (χ1n) is 7.21. The van der Waals surface area contributed by atoms with Crippen LogP contribution in [0.25, 0.3) is 11.0 Å². The number of para-hydroxylation sites is 2. The Bertz CT molecular complexity index is 858. The van der Waals surface area contributed by atoms with Gasteiger partial charge in [-0.05, 0) is 30.3 Å². The molecule has 7 heteroatoms. The third kappa shape index (κ3) is 3.75. The lowest BCUT2D eigenvalue weighted by molar-refractivity contribution is -0.113. The number of anilines is 1. The summed E-state index contributed by atoms with van der Waals surface area (Å²) in [6.07, 6.45) is 0. The van der Waals surface area contributed by atoms with E-state index in [2.05, 4.69) is 20.0 Å². The van der Waals surface area contributed by atoms with Gasteiger partial charge in [-0.15, -0.1) is 0 Å². The van der Waals surface area contributed by atoms with E-state index in [4.69, 9.17) is 0 Å². The zero-order valence-electron chi connectivity index (χ0n) is 12.9. The highest BCUT2D eigenvalue weighted by Crippen LogP contribution is 2.19. The second-order valence-corrected chi connectivity index (χ2v) is 5.93. The maximum absolute atomic E-state index is 12.1. The molecule has 3 aromatic rings. The van der Waals surface area contributed by atoms with Gasteiger partial charge in [0.1, 0.15) is 0 Å². The maximum Gasteiger partial charge on any atom is 0.337 e. The number of esters is 1. The highest BCUT2D eigenvalue weighted by molar-refractivity contribution is 7.99. The lowest BCUT2D eigenvalue weighted by atomic mass is 10.2. The fourth-order valence-corrected chi connectivity index (χ4v) is 2.86. The Labute approximate surface area is 142 Å². The van der Waals surface area contributed by atoms with E-state index in [1.54, 1.807) is 24.3 Å². The van der Waals surface area contributed by atoms with Crippen molar-refractivity contribution in [3.8, 4) is 0 Å². The number of H-pyrrole nitrogens is 1. The summed E-state index contributed by atoms with van der Waals surface area (Å²) in [4.78, 5) is 31.1. The van der Waals surface area contributed by atoms with Crippen molar-refractivity contribution in [1.82, 2.24) is 9.97 Å². The van der Waals surface area contributed by atoms with Gasteiger partial charge in [0, 0.05) is 5.69 Å². The molecule has 2 aromatic carbocycles. The van der Waals surface area contributed by atoms with Gasteiger partial charge in [-0.25, -0.2) is 9.78 Å². The molecule has 0 spiro atoms. The minimum atomic E-state index is -0.442. The zero-order valence-corrected chi connectivity index (χ0v) is 13.7. The smallest absolute Gasteiger partial charge is 0.337 e. The lowest BCUT2D eigenvalue weighted by Gasteiger charge is -2.06. The van der Waals surface area contributed by atoms with E-state index in [9.17, 15) is 9.59 Å². The van der Waals surface area contributed by atoms with Crippen LogP contribution in [0.2, 0.25) is 0 Å². The minimum Gasteiger partial charge on any atom is -0.465 e. The highest BCUT2D eigenvalue weighted by atomic mass is 32.2. The van der Waals surface area contributed by atoms with Gasteiger partial charge in [0.05, 0.1) is 29.5 Å². The van der Waals surface area contributed by atoms with Crippen molar-refractivity contribution in [2.45, 2.75) is 5.16 Å². The third-order valence-corrected chi connectivity index (χ3v) is 4.15. The van der Waals surface area contributed by atoms with E-state index in [1.807, 2.05) is 24.3 Å². The Morgan fingerprint density at radius 1 is 1.21 bits per heavy atom. The van der Waals surface area contributed by atoms with E-state index >= 15 is 0 Å². The Morgan fingerprint density at radius 3 is 2.83 bits per heavy atom. The van der Waals surface area contributed by atoms with Crippen molar-refractivity contribution in [2.24, 2.45) is 0 Å². The van der Waals surface area contributed by atoms with E-state index in [1.165, 1.54) is 18.9 Å². The molecule has 0 radical (unpaired) electrons. The normalized spacial score (nSPS) is 10.5. The molecule has 1 amide bonds. The summed E-state index contributed by atoms with van der Waals surface area (Å²) >= 11 is 1.32. The number of thioether (sulfide) groups is 1. The molecule has 6 nitrogen and oxygen atoms in total. The zero-order chi connectivity index (χ0) is 16.9. The molecule has 0 fully saturated rings. The van der Waals surface area contributed by atoms with Crippen LogP contribution in [0.1, 0.15) is 10.4 Å². The SMILES string of the molecule is COC(=O)c1cccc(NC(=O)CSc2nc3ccccc3[nH]2)c1. The second kappa shape index (κ2) is 7.18. The topological polar surface area (TPSA) is 84.1 Å². The predicted octanol–water partition coefficient (Wildman–Crippen LogP) is 3.08. The summed E-state index contributed by atoms with van der Waals surface area (Å²) in [6.45, 7) is 0. The Balaban J connectivity index is 1.60. The Hall–Kier alpha value is -2.80. The van der Waals surface area contributed by atoms with Gasteiger partial charge in [0.25, 0.3) is 0 Å². The van der Waals surface area contributed by atoms with E-state index in [-0.39, 0.29) is 11.7 Å². The molecule has 0 aliphatic rings. The predicted molar refractivity (Wildman–Crippen MR) is 93.2 cm³/mol. The maximum atomic E-state index is 12.1. The van der Waals surface area contributed by atoms with Crippen molar-refractivity contribution in [1.29, 1.82) is 0 Å². The fraction of sp³-hybridized carbons (Fsp3) is 0.118. The molecular formula is C17H15N3O3S. The number of carbonyl (C=O) groups is 2. The Kier molecular flexibility index (Phi) is 4.81. The number of hydrogen-bond acceptors (Lipinski definition) is 5. The molecule has 0 atom stereocenters. The molecule has 122 valence electrons. The Morgan fingerprint density at radius 2 is 2.04 bits per heavy atom. The first kappa shape index (κ1) is 16.1. The van der Waals surface area contributed by atoms with Gasteiger partial charge >= 0.3 is 5.97 Å². The van der Waals surface area contributed by atoms with Crippen LogP contribution in [0.15, 0.2) is 53.7 Å². The number of benzene rings is 2. The van der Waals surface area contributed by atoms with Gasteiger partial charge in [-0.2, -0.15) is 0 Å². The van der Waals surface area contributed by atoms with Gasteiger partial charge in [0.15, 0.2) is 5.16 Å². The summed E-state index contributed by atoms with van der Waals surface area (Å²) in [6, 6.07) is 14.3. The van der Waals surface area contributed by atoms with Crippen LogP contribution < -0.4 is 5.32 Å². The molecule has 0 aliphatic carbocycles. The molecule has 0 unspecified atom stereocenters. The van der Waals surface area contributed by atoms with E-state index in [0.29, 0.717) is 16.4 Å². The summed E-state index contributed by atoms with van der Waals surface area (Å²) in [5.74, 6) is -0.410. The average Bonchev–Trinajstić information content (AvgIpc) is 3.02. The van der Waals surface area contributed by atoms with Crippen LogP contribution in [0.4, 0.5) is 5.69 Å². The number of rotatable bonds is 5. The molecule has 0 aliphatic heterocycles. The number of amides is 1. The number of aromatic nitrogens is 2. The van der Waals surface area contributed by atoms with Crippen molar-refractivity contribution >= 4 is 40.4 Å². The average molecular weight is 341 g/mol. The molecule has 3 rings (SSSR count). The van der Waals surface area contributed by atoms with Crippen LogP contribution in [0.3, 0.4) is 0 Å². The molecule has 0 saturated heterocycles. The lowest BCUT2D eigenvalue weighted by Crippen LogP contribution is -2.14. The van der Waals surface area contributed by atoms with Gasteiger partial charge in [0.2, 0.25) is 5.91 Å². The number of ether oxygens (including phenoxy) is 1. The van der Waals surface area contributed by atoms with Crippen molar-refractivity contribution in [3.05, 3.63) is 54.1 Å². The third-order valence-electron chi connectivity index (χ3n) is 3.28. The first-order chi connectivity index (χ1) is 11.7. The number of nitrogens with zero attached hydrogens (tertiary/aromatic N) is 1. The summed E-state index contributed by atoms with van der Waals surface area (Å²) in [5, 5.41) is 3.45. The number of aromatic amines is 1. The first-order valence-corrected chi connectivity index (χ1v) is 8.20. The van der Waals surface area contributed by atoms with Crippen molar-refractivity contribution < 1.29 is 14.3 Å². The van der Waals surface area contributed by atoms with Crippen LogP contribution >= 0.6 is 11.8 Å². The monoisotopic (exact) mass is 341 g/mol. The molecule has 1 aromatic heterocycles. The van der Waals surface area contributed by atoms with Crippen LogP contribution in [0.5, 0.6) is 0 Å². The minimum absolute atomic E-state index is 0.178. The molecule has 0 bridgehead atoms. The number of hydrogen-bond donors (Lipinski definition) is 2. The van der Waals surface area contributed by atoms with Gasteiger partial charge in [-0.3, -0.25) is 4.79 Å². The van der Waals surface area contributed by atoms with Crippen LogP contribution in [-0.4, -0.2) is 34.7 Å². The highest BCUT2D eigenvalue weighted by Gasteiger charge is 2.09. The molecule has 1 heterocycles. The van der Waals surface area contributed by atoms with Crippen molar-refractivity contribution in [3.63, 3.8) is 0 Å². The van der Waals surface area contributed by atoms with Gasteiger partial charge < -0.3 is 15.0 Å². The van der Waals surface area contributed by atoms with Crippen LogP contribution in [-0.2, 0) is 9.53 Å². The fourth-order valence-electron chi connectivity index (χ4n) is 2.17. The van der Waals surface area contributed by atoms with E-state index < -0.39 is 5.97 Å². The molecular weight excluding hydrogens is 326 g/mol. The summed E-state index contributed by atoms with van der Waals surface area (Å²) in [7, 11) is 1.32. The quantitative estimate of drug-likeness (QED) is 0.550. The number of carbonyl (C=O) groups excluding carboxylic acids is 2. The number of methoxy groups -OCH3 is 1. The van der Waals surface area contributed by atoms with Gasteiger partial charge in [-0.1, -0.05) is 30.0 Å². The summed E-state index contributed by atoms with van der Waals surface area (Å²) in [5.41, 5.74) is 2.74. The molecule has 24 heavy (non-hydrogen) atoms. The number of fused-ring (bicyclic) bond motifs is 1. The molecule has 2 N–H and O–H groups in total. The van der Waals surface area contributed by atoms with Crippen molar-refractivity contribution in [2.75, 3.05) is 18.2 Å². The summed E-state index contributed by atoms with van der Waals surface area (Å²) < 4.78 is 4.66. The largest absolute Gasteiger partial charge is 0.465 e. The number of imidazole rings is 1. The standard InChI is InChI=1S/C17H15N3O3S/c1-23-16(22)11-5-4-6-12(9-11)18-15(21)10-24-17-19-13-7-2-3-8-14(13)20-17/h2-9H,10H2,1H3,(H,18,21)(H,19,20). The van der Waals surface area contributed by atoms with Crippen LogP contribution in [0, 0.1) is 0 Å². The molecule has 0 saturated carbocycles.